The van der Waals surface area contributed by atoms with Crippen LogP contribution in [-0.2, 0) is 0 Å². The van der Waals surface area contributed by atoms with Gasteiger partial charge in [0.05, 0.1) is 0 Å². The molecule has 1 heterocycles. The molecule has 2 rings (SSSR count). The zero-order valence-corrected chi connectivity index (χ0v) is 12.0. The lowest BCUT2D eigenvalue weighted by Crippen LogP contribution is -2.13. The van der Waals surface area contributed by atoms with Gasteiger partial charge in [-0.15, -0.1) is 0 Å². The van der Waals surface area contributed by atoms with Gasteiger partial charge in [-0.05, 0) is 52.9 Å². The van der Waals surface area contributed by atoms with Gasteiger partial charge in [0.25, 0.3) is 0 Å². The molecule has 0 aliphatic carbocycles. The summed E-state index contributed by atoms with van der Waals surface area (Å²) in [6, 6.07) is 7.39. The number of hydrogen-bond donors (Lipinski definition) is 1. The minimum atomic E-state index is -0.908. The maximum absolute atomic E-state index is 13.2. The van der Waals surface area contributed by atoms with Crippen LogP contribution in [0.1, 0.15) is 11.7 Å². The maximum Gasteiger partial charge on any atom is 0.166 e. The first kappa shape index (κ1) is 14.0. The van der Waals surface area contributed by atoms with Gasteiger partial charge in [0.15, 0.2) is 17.7 Å². The SMILES string of the molecule is Nc1ncccc1O[C@H](CF)c1cc(F)ccc1I. The van der Waals surface area contributed by atoms with Gasteiger partial charge in [0.1, 0.15) is 12.5 Å². The summed E-state index contributed by atoms with van der Waals surface area (Å²) in [7, 11) is 0. The van der Waals surface area contributed by atoms with E-state index in [0.717, 1.165) is 3.57 Å². The highest BCUT2D eigenvalue weighted by molar-refractivity contribution is 14.1. The molecule has 0 fully saturated rings. The van der Waals surface area contributed by atoms with Gasteiger partial charge >= 0.3 is 0 Å². The molecule has 19 heavy (non-hydrogen) atoms. The van der Waals surface area contributed by atoms with Gasteiger partial charge in [-0.25, -0.2) is 13.8 Å². The van der Waals surface area contributed by atoms with Crippen molar-refractivity contribution in [1.82, 2.24) is 4.98 Å². The summed E-state index contributed by atoms with van der Waals surface area (Å²) in [5.41, 5.74) is 6.09. The lowest BCUT2D eigenvalue weighted by molar-refractivity contribution is 0.166. The molecule has 0 bridgehead atoms. The lowest BCUT2D eigenvalue weighted by atomic mass is 10.1. The molecule has 2 aromatic rings. The van der Waals surface area contributed by atoms with E-state index in [4.69, 9.17) is 10.5 Å². The van der Waals surface area contributed by atoms with E-state index >= 15 is 0 Å². The molecule has 1 aromatic carbocycles. The van der Waals surface area contributed by atoms with Crippen LogP contribution in [0.2, 0.25) is 0 Å². The Kier molecular flexibility index (Phi) is 4.52. The Balaban J connectivity index is 2.30. The van der Waals surface area contributed by atoms with Crippen LogP contribution in [0.5, 0.6) is 5.75 Å². The first-order valence-electron chi connectivity index (χ1n) is 5.50. The highest BCUT2D eigenvalue weighted by atomic mass is 127. The number of pyridine rings is 1. The molecule has 3 nitrogen and oxygen atoms in total. The summed E-state index contributed by atoms with van der Waals surface area (Å²) >= 11 is 2.01. The minimum absolute atomic E-state index is 0.173. The molecule has 0 radical (unpaired) electrons. The van der Waals surface area contributed by atoms with Gasteiger partial charge < -0.3 is 10.5 Å². The molecule has 2 N–H and O–H groups in total. The van der Waals surface area contributed by atoms with Crippen molar-refractivity contribution in [3.05, 3.63) is 51.5 Å². The van der Waals surface area contributed by atoms with E-state index in [1.54, 1.807) is 18.2 Å². The summed E-state index contributed by atoms with van der Waals surface area (Å²) in [6.45, 7) is -0.784. The third-order valence-electron chi connectivity index (χ3n) is 2.51. The standard InChI is InChI=1S/C13H11F2IN2O/c14-7-12(9-6-8(15)3-4-10(9)16)19-11-2-1-5-18-13(11)17/h1-6,12H,7H2,(H2,17,18)/t12-/m1/s1. The predicted octanol–water partition coefficient (Wildman–Crippen LogP) is 3.50. The fraction of sp³-hybridized carbons (Fsp3) is 0.154. The topological polar surface area (TPSA) is 48.1 Å². The van der Waals surface area contributed by atoms with Crippen LogP contribution in [0.4, 0.5) is 14.6 Å². The highest BCUT2D eigenvalue weighted by Gasteiger charge is 2.18. The number of aromatic nitrogens is 1. The Morgan fingerprint density at radius 3 is 2.84 bits per heavy atom. The largest absolute Gasteiger partial charge is 0.479 e. The van der Waals surface area contributed by atoms with Crippen molar-refractivity contribution in [2.75, 3.05) is 12.4 Å². The Morgan fingerprint density at radius 1 is 1.37 bits per heavy atom. The number of nitrogens with zero attached hydrogens (tertiary/aromatic N) is 1. The number of anilines is 1. The number of ether oxygens (including phenoxy) is 1. The monoisotopic (exact) mass is 376 g/mol. The molecule has 100 valence electrons. The van der Waals surface area contributed by atoms with E-state index < -0.39 is 18.6 Å². The van der Waals surface area contributed by atoms with E-state index in [9.17, 15) is 8.78 Å². The zero-order chi connectivity index (χ0) is 13.8. The quantitative estimate of drug-likeness (QED) is 0.832. The van der Waals surface area contributed by atoms with Crippen LogP contribution in [0.3, 0.4) is 0 Å². The summed E-state index contributed by atoms with van der Waals surface area (Å²) < 4.78 is 32.6. The van der Waals surface area contributed by atoms with Gasteiger partial charge in [-0.1, -0.05) is 0 Å². The van der Waals surface area contributed by atoms with Crippen molar-refractivity contribution in [1.29, 1.82) is 0 Å². The van der Waals surface area contributed by atoms with Crippen LogP contribution in [-0.4, -0.2) is 11.7 Å². The van der Waals surface area contributed by atoms with Gasteiger partial charge in [-0.3, -0.25) is 0 Å². The van der Waals surface area contributed by atoms with Crippen molar-refractivity contribution >= 4 is 28.4 Å². The smallest absolute Gasteiger partial charge is 0.166 e. The number of benzene rings is 1. The van der Waals surface area contributed by atoms with Gasteiger partial charge in [0, 0.05) is 15.3 Å². The number of alkyl halides is 1. The first-order valence-corrected chi connectivity index (χ1v) is 6.57. The number of halogens is 3. The molecule has 1 atom stereocenters. The molecule has 0 saturated carbocycles. The average Bonchev–Trinajstić information content (AvgIpc) is 2.41. The fourth-order valence-electron chi connectivity index (χ4n) is 1.60. The summed E-state index contributed by atoms with van der Waals surface area (Å²) in [5, 5.41) is 0. The van der Waals surface area contributed by atoms with Gasteiger partial charge in [0.2, 0.25) is 0 Å². The number of nitrogen functional groups attached to an aromatic ring is 1. The molecule has 0 spiro atoms. The van der Waals surface area contributed by atoms with Crippen molar-refractivity contribution in [3.63, 3.8) is 0 Å². The number of nitrogens with two attached hydrogens (primary N) is 1. The molecule has 0 amide bonds. The molecular formula is C13H11F2IN2O. The Labute approximate surface area is 122 Å². The number of rotatable bonds is 4. The van der Waals surface area contributed by atoms with Crippen LogP contribution < -0.4 is 10.5 Å². The lowest BCUT2D eigenvalue weighted by Gasteiger charge is -2.18. The first-order chi connectivity index (χ1) is 9.11. The Bertz CT molecular complexity index is 580. The van der Waals surface area contributed by atoms with Crippen molar-refractivity contribution < 1.29 is 13.5 Å². The Morgan fingerprint density at radius 2 is 2.16 bits per heavy atom. The molecule has 0 aliphatic heterocycles. The molecule has 6 heteroatoms. The van der Waals surface area contributed by atoms with Crippen LogP contribution in [0.15, 0.2) is 36.5 Å². The van der Waals surface area contributed by atoms with E-state index in [1.807, 2.05) is 22.6 Å². The van der Waals surface area contributed by atoms with E-state index in [0.29, 0.717) is 5.56 Å². The van der Waals surface area contributed by atoms with Crippen molar-refractivity contribution in [2.24, 2.45) is 0 Å². The molecular weight excluding hydrogens is 365 g/mol. The molecule has 0 saturated heterocycles. The van der Waals surface area contributed by atoms with Crippen LogP contribution in [0, 0.1) is 9.39 Å². The minimum Gasteiger partial charge on any atom is -0.479 e. The number of hydrogen-bond acceptors (Lipinski definition) is 3. The van der Waals surface area contributed by atoms with E-state index in [-0.39, 0.29) is 11.6 Å². The second kappa shape index (κ2) is 6.14. The molecule has 0 aliphatic rings. The summed E-state index contributed by atoms with van der Waals surface area (Å²) in [6.07, 6.45) is 0.604. The molecule has 1 aromatic heterocycles. The third kappa shape index (κ3) is 3.31. The third-order valence-corrected chi connectivity index (χ3v) is 3.50. The normalized spacial score (nSPS) is 12.2. The second-order valence-corrected chi connectivity index (χ2v) is 4.98. The van der Waals surface area contributed by atoms with Crippen molar-refractivity contribution in [2.45, 2.75) is 6.10 Å². The van der Waals surface area contributed by atoms with Crippen LogP contribution in [0.25, 0.3) is 0 Å². The average molecular weight is 376 g/mol. The Hall–Kier alpha value is -1.44. The second-order valence-electron chi connectivity index (χ2n) is 3.81. The zero-order valence-electron chi connectivity index (χ0n) is 9.82. The highest BCUT2D eigenvalue weighted by Crippen LogP contribution is 2.29. The van der Waals surface area contributed by atoms with Crippen LogP contribution >= 0.6 is 22.6 Å². The van der Waals surface area contributed by atoms with E-state index in [2.05, 4.69) is 4.98 Å². The summed E-state index contributed by atoms with van der Waals surface area (Å²) in [5.74, 6) is 0.0224. The molecule has 0 unspecified atom stereocenters. The predicted molar refractivity (Wildman–Crippen MR) is 77.1 cm³/mol. The fourth-order valence-corrected chi connectivity index (χ4v) is 2.28. The van der Waals surface area contributed by atoms with E-state index in [1.165, 1.54) is 18.3 Å². The maximum atomic E-state index is 13.2. The summed E-state index contributed by atoms with van der Waals surface area (Å²) in [4.78, 5) is 3.85. The van der Waals surface area contributed by atoms with Gasteiger partial charge in [-0.2, -0.15) is 0 Å². The van der Waals surface area contributed by atoms with Crippen molar-refractivity contribution in [3.8, 4) is 5.75 Å².